The van der Waals surface area contributed by atoms with E-state index < -0.39 is 0 Å². The minimum atomic E-state index is 0.155. The Morgan fingerprint density at radius 3 is 3.00 bits per heavy atom. The van der Waals surface area contributed by atoms with Crippen LogP contribution >= 0.6 is 0 Å². The third kappa shape index (κ3) is 1.73. The highest BCUT2D eigenvalue weighted by atomic mass is 16.5. The van der Waals surface area contributed by atoms with Crippen LogP contribution < -0.4 is 0 Å². The number of hydrogen-bond acceptors (Lipinski definition) is 2. The topological polar surface area (TPSA) is 22.4 Å². The first-order valence-electron chi connectivity index (χ1n) is 4.35. The van der Waals surface area contributed by atoms with Gasteiger partial charge in [-0.05, 0) is 18.1 Å². The summed E-state index contributed by atoms with van der Waals surface area (Å²) in [6.45, 7) is 4.36. The molecule has 1 aliphatic heterocycles. The Morgan fingerprint density at radius 1 is 1.54 bits per heavy atom. The van der Waals surface area contributed by atoms with Gasteiger partial charge in [0.05, 0.1) is 25.2 Å². The Balaban J connectivity index is 2.07. The monoisotopic (exact) mass is 176 g/mol. The van der Waals surface area contributed by atoms with Crippen LogP contribution in [-0.4, -0.2) is 6.61 Å². The molecule has 0 N–H and O–H groups in total. The van der Waals surface area contributed by atoms with Crippen molar-refractivity contribution in [2.45, 2.75) is 12.5 Å². The summed E-state index contributed by atoms with van der Waals surface area (Å²) < 4.78 is 10.6. The second-order valence-corrected chi connectivity index (χ2v) is 3.08. The van der Waals surface area contributed by atoms with E-state index in [0.29, 0.717) is 6.61 Å². The average Bonchev–Trinajstić information content (AvgIpc) is 2.71. The van der Waals surface area contributed by atoms with Gasteiger partial charge in [0.25, 0.3) is 0 Å². The molecule has 0 fully saturated rings. The SMILES string of the molecule is C=CC1=CC[C@@H](c2ccoc2)OC1. The van der Waals surface area contributed by atoms with Crippen molar-refractivity contribution in [1.82, 2.24) is 0 Å². The third-order valence-corrected chi connectivity index (χ3v) is 2.22. The van der Waals surface area contributed by atoms with Gasteiger partial charge in [-0.15, -0.1) is 0 Å². The molecule has 0 aromatic carbocycles. The molecule has 0 amide bonds. The van der Waals surface area contributed by atoms with E-state index in [2.05, 4.69) is 12.7 Å². The van der Waals surface area contributed by atoms with Gasteiger partial charge >= 0.3 is 0 Å². The molecule has 1 atom stereocenters. The Kier molecular flexibility index (Phi) is 2.32. The highest BCUT2D eigenvalue weighted by Gasteiger charge is 2.16. The van der Waals surface area contributed by atoms with E-state index in [-0.39, 0.29) is 6.10 Å². The standard InChI is InChI=1S/C11H12O2/c1-2-9-3-4-11(13-7-9)10-5-6-12-8-10/h2-3,5-6,8,11H,1,4,7H2/t11-/m0/s1. The van der Waals surface area contributed by atoms with Gasteiger partial charge in [0.15, 0.2) is 0 Å². The zero-order valence-corrected chi connectivity index (χ0v) is 7.40. The molecule has 68 valence electrons. The summed E-state index contributed by atoms with van der Waals surface area (Å²) in [4.78, 5) is 0. The van der Waals surface area contributed by atoms with Crippen LogP contribution in [0.15, 0.2) is 47.3 Å². The van der Waals surface area contributed by atoms with Crippen LogP contribution in [0.25, 0.3) is 0 Å². The number of rotatable bonds is 2. The lowest BCUT2D eigenvalue weighted by atomic mass is 10.1. The molecule has 0 bridgehead atoms. The fourth-order valence-electron chi connectivity index (χ4n) is 1.41. The quantitative estimate of drug-likeness (QED) is 0.691. The number of hydrogen-bond donors (Lipinski definition) is 0. The highest BCUT2D eigenvalue weighted by molar-refractivity contribution is 5.21. The van der Waals surface area contributed by atoms with Crippen molar-refractivity contribution >= 4 is 0 Å². The summed E-state index contributed by atoms with van der Waals surface area (Å²) in [6, 6.07) is 1.94. The summed E-state index contributed by atoms with van der Waals surface area (Å²) in [5.74, 6) is 0. The maximum Gasteiger partial charge on any atom is 0.0960 e. The predicted octanol–water partition coefficient (Wildman–Crippen LogP) is 2.85. The molecule has 2 nitrogen and oxygen atoms in total. The molecule has 1 aliphatic rings. The van der Waals surface area contributed by atoms with Crippen molar-refractivity contribution in [3.8, 4) is 0 Å². The van der Waals surface area contributed by atoms with E-state index in [1.165, 1.54) is 5.57 Å². The van der Waals surface area contributed by atoms with Crippen LogP contribution in [0.1, 0.15) is 18.1 Å². The summed E-state index contributed by atoms with van der Waals surface area (Å²) in [5, 5.41) is 0. The molecular weight excluding hydrogens is 164 g/mol. The van der Waals surface area contributed by atoms with Crippen molar-refractivity contribution in [3.63, 3.8) is 0 Å². The molecule has 13 heavy (non-hydrogen) atoms. The van der Waals surface area contributed by atoms with Gasteiger partial charge in [0.1, 0.15) is 0 Å². The Labute approximate surface area is 77.5 Å². The van der Waals surface area contributed by atoms with Crippen LogP contribution in [0.4, 0.5) is 0 Å². The van der Waals surface area contributed by atoms with Crippen LogP contribution in [0.2, 0.25) is 0 Å². The van der Waals surface area contributed by atoms with E-state index in [9.17, 15) is 0 Å². The molecule has 0 radical (unpaired) electrons. The first-order valence-corrected chi connectivity index (χ1v) is 4.35. The normalized spacial score (nSPS) is 22.5. The van der Waals surface area contributed by atoms with Gasteiger partial charge in [0, 0.05) is 5.56 Å². The zero-order valence-electron chi connectivity index (χ0n) is 7.40. The Hall–Kier alpha value is -1.28. The molecular formula is C11H12O2. The lowest BCUT2D eigenvalue weighted by Crippen LogP contribution is -2.10. The molecule has 1 aromatic rings. The summed E-state index contributed by atoms with van der Waals surface area (Å²) >= 11 is 0. The second-order valence-electron chi connectivity index (χ2n) is 3.08. The van der Waals surface area contributed by atoms with E-state index in [1.54, 1.807) is 12.5 Å². The van der Waals surface area contributed by atoms with E-state index in [4.69, 9.17) is 9.15 Å². The molecule has 0 spiro atoms. The molecule has 0 saturated carbocycles. The molecule has 0 saturated heterocycles. The van der Waals surface area contributed by atoms with Gasteiger partial charge in [-0.3, -0.25) is 0 Å². The predicted molar refractivity (Wildman–Crippen MR) is 50.3 cm³/mol. The maximum atomic E-state index is 5.63. The first kappa shape index (κ1) is 8.32. The molecule has 2 heterocycles. The number of ether oxygens (including phenoxy) is 1. The van der Waals surface area contributed by atoms with Crippen molar-refractivity contribution in [3.05, 3.63) is 48.5 Å². The average molecular weight is 176 g/mol. The lowest BCUT2D eigenvalue weighted by Gasteiger charge is -2.20. The summed E-state index contributed by atoms with van der Waals surface area (Å²) in [7, 11) is 0. The zero-order chi connectivity index (χ0) is 9.10. The largest absolute Gasteiger partial charge is 0.472 e. The van der Waals surface area contributed by atoms with Crippen molar-refractivity contribution in [1.29, 1.82) is 0 Å². The fraction of sp³-hybridized carbons (Fsp3) is 0.273. The summed E-state index contributed by atoms with van der Waals surface area (Å²) in [6.07, 6.45) is 8.46. The van der Waals surface area contributed by atoms with E-state index in [1.807, 2.05) is 12.1 Å². The molecule has 1 aromatic heterocycles. The molecule has 0 unspecified atom stereocenters. The van der Waals surface area contributed by atoms with E-state index >= 15 is 0 Å². The minimum Gasteiger partial charge on any atom is -0.472 e. The fourth-order valence-corrected chi connectivity index (χ4v) is 1.41. The molecule has 2 heteroatoms. The first-order chi connectivity index (χ1) is 6.40. The minimum absolute atomic E-state index is 0.155. The van der Waals surface area contributed by atoms with E-state index in [0.717, 1.165) is 12.0 Å². The third-order valence-electron chi connectivity index (χ3n) is 2.22. The summed E-state index contributed by atoms with van der Waals surface area (Å²) in [5.41, 5.74) is 2.28. The molecule has 2 rings (SSSR count). The van der Waals surface area contributed by atoms with Crippen LogP contribution in [0, 0.1) is 0 Å². The molecule has 0 aliphatic carbocycles. The second kappa shape index (κ2) is 3.62. The van der Waals surface area contributed by atoms with Crippen LogP contribution in [0.3, 0.4) is 0 Å². The maximum absolute atomic E-state index is 5.63. The van der Waals surface area contributed by atoms with Crippen LogP contribution in [-0.2, 0) is 4.74 Å². The van der Waals surface area contributed by atoms with Gasteiger partial charge in [0.2, 0.25) is 0 Å². The smallest absolute Gasteiger partial charge is 0.0960 e. The lowest BCUT2D eigenvalue weighted by molar-refractivity contribution is 0.0630. The number of furan rings is 1. The van der Waals surface area contributed by atoms with Crippen LogP contribution in [0.5, 0.6) is 0 Å². The Bertz CT molecular complexity index is 309. The van der Waals surface area contributed by atoms with Crippen molar-refractivity contribution in [2.75, 3.05) is 6.61 Å². The van der Waals surface area contributed by atoms with Crippen molar-refractivity contribution < 1.29 is 9.15 Å². The van der Waals surface area contributed by atoms with Crippen molar-refractivity contribution in [2.24, 2.45) is 0 Å². The van der Waals surface area contributed by atoms with Gasteiger partial charge in [-0.25, -0.2) is 0 Å². The highest BCUT2D eigenvalue weighted by Crippen LogP contribution is 2.27. The van der Waals surface area contributed by atoms with Gasteiger partial charge in [-0.2, -0.15) is 0 Å². The Morgan fingerprint density at radius 2 is 2.46 bits per heavy atom. The van der Waals surface area contributed by atoms with Gasteiger partial charge in [-0.1, -0.05) is 18.7 Å². The van der Waals surface area contributed by atoms with Gasteiger partial charge < -0.3 is 9.15 Å².